The molecule has 0 unspecified atom stereocenters. The van der Waals surface area contributed by atoms with Gasteiger partial charge in [-0.05, 0) is 0 Å². The summed E-state index contributed by atoms with van der Waals surface area (Å²) in [6, 6.07) is 0. The smallest absolute Gasteiger partial charge is 0.469 e. The van der Waals surface area contributed by atoms with Crippen molar-refractivity contribution < 1.29 is 43.7 Å². The zero-order valence-corrected chi connectivity index (χ0v) is 12.0. The normalized spacial score (nSPS) is 28.9. The van der Waals surface area contributed by atoms with Crippen molar-refractivity contribution in [2.24, 2.45) is 0 Å². The van der Waals surface area contributed by atoms with Gasteiger partial charge in [0.2, 0.25) is 0 Å². The quantitative estimate of drug-likeness (QED) is 0.374. The van der Waals surface area contributed by atoms with Gasteiger partial charge in [0.05, 0.1) is 25.0 Å². The minimum absolute atomic E-state index is 0.229. The fraction of sp³-hybridized carbons (Fsp3) is 0.600. The number of phosphoric ester groups is 1. The first-order chi connectivity index (χ1) is 10.2. The molecule has 0 aliphatic carbocycles. The van der Waals surface area contributed by atoms with E-state index in [0.717, 1.165) is 0 Å². The number of carboxylic acid groups (broad SMARTS) is 1. The molecule has 1 aromatic rings. The minimum Gasteiger partial charge on any atom is -0.481 e. The summed E-state index contributed by atoms with van der Waals surface area (Å²) >= 11 is 0. The monoisotopic (exact) mass is 338 g/mol. The maximum Gasteiger partial charge on any atom is 0.469 e. The van der Waals surface area contributed by atoms with E-state index in [1.54, 1.807) is 0 Å². The molecule has 2 rings (SSSR count). The van der Waals surface area contributed by atoms with Gasteiger partial charge in [-0.1, -0.05) is 0 Å². The maximum atomic E-state index is 10.6. The molecule has 22 heavy (non-hydrogen) atoms. The van der Waals surface area contributed by atoms with Crippen molar-refractivity contribution >= 4 is 13.8 Å². The van der Waals surface area contributed by atoms with Crippen LogP contribution >= 0.6 is 7.82 Å². The largest absolute Gasteiger partial charge is 0.481 e. The third-order valence-electron chi connectivity index (χ3n) is 3.03. The molecule has 0 amide bonds. The summed E-state index contributed by atoms with van der Waals surface area (Å²) in [4.78, 5) is 31.6. The number of ether oxygens (including phenoxy) is 1. The van der Waals surface area contributed by atoms with Crippen LogP contribution in [0.3, 0.4) is 0 Å². The van der Waals surface area contributed by atoms with Crippen LogP contribution in [0.1, 0.15) is 11.9 Å². The number of carbonyl (C=O) groups is 1. The number of carboxylic acids is 1. The van der Waals surface area contributed by atoms with Gasteiger partial charge < -0.3 is 34.4 Å². The Kier molecular flexibility index (Phi) is 4.97. The van der Waals surface area contributed by atoms with E-state index in [4.69, 9.17) is 19.6 Å². The number of aliphatic hydroxyl groups is 2. The summed E-state index contributed by atoms with van der Waals surface area (Å²) in [5, 5.41) is 28.4. The lowest BCUT2D eigenvalue weighted by atomic mass is 10.1. The summed E-state index contributed by atoms with van der Waals surface area (Å²) in [5.74, 6) is -1.08. The molecule has 0 bridgehead atoms. The van der Waals surface area contributed by atoms with Crippen molar-refractivity contribution in [1.82, 2.24) is 9.55 Å². The average Bonchev–Trinajstić information content (AvgIpc) is 2.93. The molecule has 124 valence electrons. The molecule has 1 aliphatic heterocycles. The van der Waals surface area contributed by atoms with Gasteiger partial charge in [0.15, 0.2) is 6.23 Å². The van der Waals surface area contributed by atoms with E-state index in [1.165, 1.54) is 17.1 Å². The summed E-state index contributed by atoms with van der Waals surface area (Å²) < 4.78 is 21.4. The number of aliphatic carboxylic acids is 1. The second-order valence-corrected chi connectivity index (χ2v) is 5.95. The Hall–Kier alpha value is -1.33. The van der Waals surface area contributed by atoms with Crippen molar-refractivity contribution in [2.45, 2.75) is 31.0 Å². The average molecular weight is 338 g/mol. The second-order valence-electron chi connectivity index (χ2n) is 4.72. The third-order valence-corrected chi connectivity index (χ3v) is 3.51. The molecule has 0 aromatic carbocycles. The zero-order valence-electron chi connectivity index (χ0n) is 11.1. The summed E-state index contributed by atoms with van der Waals surface area (Å²) in [5.41, 5.74) is 0.229. The second kappa shape index (κ2) is 6.42. The summed E-state index contributed by atoms with van der Waals surface area (Å²) in [6.07, 6.45) is -2.80. The molecule has 0 radical (unpaired) electrons. The van der Waals surface area contributed by atoms with Crippen molar-refractivity contribution in [3.63, 3.8) is 0 Å². The van der Waals surface area contributed by atoms with Crippen LogP contribution < -0.4 is 0 Å². The lowest BCUT2D eigenvalue weighted by molar-refractivity contribution is -0.136. The van der Waals surface area contributed by atoms with Crippen LogP contribution in [-0.4, -0.2) is 65.5 Å². The van der Waals surface area contributed by atoms with Crippen LogP contribution in [0.5, 0.6) is 0 Å². The van der Waals surface area contributed by atoms with Crippen molar-refractivity contribution in [1.29, 1.82) is 0 Å². The third kappa shape index (κ3) is 4.11. The Morgan fingerprint density at radius 2 is 2.09 bits per heavy atom. The van der Waals surface area contributed by atoms with Crippen molar-refractivity contribution in [2.75, 3.05) is 6.61 Å². The number of hydrogen-bond donors (Lipinski definition) is 5. The summed E-state index contributed by atoms with van der Waals surface area (Å²) in [6.45, 7) is -0.615. The molecule has 1 aromatic heterocycles. The molecule has 0 spiro atoms. The molecule has 5 N–H and O–H groups in total. The highest BCUT2D eigenvalue weighted by Gasteiger charge is 2.44. The van der Waals surface area contributed by atoms with Gasteiger partial charge in [0.25, 0.3) is 0 Å². The number of aromatic nitrogens is 2. The van der Waals surface area contributed by atoms with Gasteiger partial charge in [-0.3, -0.25) is 9.32 Å². The summed E-state index contributed by atoms with van der Waals surface area (Å²) in [7, 11) is -4.73. The molecule has 12 heteroatoms. The van der Waals surface area contributed by atoms with Gasteiger partial charge >= 0.3 is 13.8 Å². The first-order valence-electron chi connectivity index (χ1n) is 6.13. The van der Waals surface area contributed by atoms with Gasteiger partial charge in [-0.15, -0.1) is 0 Å². The molecule has 1 saturated heterocycles. The van der Waals surface area contributed by atoms with E-state index in [2.05, 4.69) is 9.51 Å². The standard InChI is InChI=1S/C10H15N2O9P/c13-7(14)1-5-2-12(4-11-5)10-9(16)8(15)6(21-10)3-20-22(17,18)19/h2,4,6,8-10,15-16H,1,3H2,(H,13,14)(H2,17,18,19)/t6-,8-,9-,10-/m1/s1. The lowest BCUT2D eigenvalue weighted by Gasteiger charge is -2.15. The Bertz CT molecular complexity index is 585. The van der Waals surface area contributed by atoms with Crippen LogP contribution in [0.25, 0.3) is 0 Å². The Balaban J connectivity index is 2.04. The maximum absolute atomic E-state index is 10.6. The highest BCUT2D eigenvalue weighted by Crippen LogP contribution is 2.38. The highest BCUT2D eigenvalue weighted by molar-refractivity contribution is 7.46. The van der Waals surface area contributed by atoms with E-state index in [1.807, 2.05) is 0 Å². The van der Waals surface area contributed by atoms with E-state index in [9.17, 15) is 19.6 Å². The Morgan fingerprint density at radius 1 is 1.41 bits per heavy atom. The van der Waals surface area contributed by atoms with Gasteiger partial charge in [0, 0.05) is 6.20 Å². The molecule has 1 aliphatic rings. The van der Waals surface area contributed by atoms with E-state index in [-0.39, 0.29) is 12.1 Å². The minimum atomic E-state index is -4.73. The van der Waals surface area contributed by atoms with Crippen molar-refractivity contribution in [3.05, 3.63) is 18.2 Å². The predicted molar refractivity (Wildman–Crippen MR) is 67.5 cm³/mol. The number of aliphatic hydroxyl groups excluding tert-OH is 2. The number of phosphoric acid groups is 1. The van der Waals surface area contributed by atoms with E-state index in [0.29, 0.717) is 0 Å². The molecule has 0 saturated carbocycles. The van der Waals surface area contributed by atoms with Gasteiger partial charge in [-0.2, -0.15) is 0 Å². The number of imidazole rings is 1. The SMILES string of the molecule is O=C(O)Cc1cn([C@@H]2O[C@H](COP(=O)(O)O)[C@@H](O)[C@H]2O)cn1. The van der Waals surface area contributed by atoms with Crippen LogP contribution in [0, 0.1) is 0 Å². The van der Waals surface area contributed by atoms with Crippen LogP contribution in [0.2, 0.25) is 0 Å². The van der Waals surface area contributed by atoms with Gasteiger partial charge in [0.1, 0.15) is 18.3 Å². The number of rotatable bonds is 6. The molecular formula is C10H15N2O9P. The molecule has 4 atom stereocenters. The van der Waals surface area contributed by atoms with Crippen LogP contribution in [0.15, 0.2) is 12.5 Å². The molecule has 11 nitrogen and oxygen atoms in total. The van der Waals surface area contributed by atoms with Crippen LogP contribution in [-0.2, 0) is 25.0 Å². The fourth-order valence-corrected chi connectivity index (χ4v) is 2.39. The highest BCUT2D eigenvalue weighted by atomic mass is 31.2. The first kappa shape index (κ1) is 17.0. The van der Waals surface area contributed by atoms with E-state index >= 15 is 0 Å². The Morgan fingerprint density at radius 3 is 2.68 bits per heavy atom. The molecular weight excluding hydrogens is 323 g/mol. The Labute approximate surface area is 124 Å². The first-order valence-corrected chi connectivity index (χ1v) is 7.66. The number of hydrogen-bond acceptors (Lipinski definition) is 7. The predicted octanol–water partition coefficient (Wildman–Crippen LogP) is -1.76. The van der Waals surface area contributed by atoms with Crippen molar-refractivity contribution in [3.8, 4) is 0 Å². The van der Waals surface area contributed by atoms with E-state index < -0.39 is 44.9 Å². The fourth-order valence-electron chi connectivity index (χ4n) is 2.05. The van der Waals surface area contributed by atoms with Gasteiger partial charge in [-0.25, -0.2) is 9.55 Å². The topological polar surface area (TPSA) is 172 Å². The zero-order chi connectivity index (χ0) is 16.5. The number of nitrogens with zero attached hydrogens (tertiary/aromatic N) is 2. The van der Waals surface area contributed by atoms with Crippen LogP contribution in [0.4, 0.5) is 0 Å². The molecule has 2 heterocycles. The lowest BCUT2D eigenvalue weighted by Crippen LogP contribution is -2.33. The molecule has 1 fully saturated rings.